The number of rotatable bonds is 8. The zero-order valence-corrected chi connectivity index (χ0v) is 17.8. The summed E-state index contributed by atoms with van der Waals surface area (Å²) in [7, 11) is 1.58. The Morgan fingerprint density at radius 2 is 1.91 bits per heavy atom. The minimum Gasteiger partial charge on any atom is -0.497 e. The van der Waals surface area contributed by atoms with Gasteiger partial charge in [-0.3, -0.25) is 14.5 Å². The van der Waals surface area contributed by atoms with E-state index in [0.29, 0.717) is 30.3 Å². The molecule has 2 aromatic rings. The average molecular weight is 438 g/mol. The number of carbonyl (C=O) groups excluding carboxylic acids is 1. The number of benzene rings is 2. The van der Waals surface area contributed by atoms with Gasteiger partial charge in [0.2, 0.25) is 12.7 Å². The number of carbonyl (C=O) groups is 2. The summed E-state index contributed by atoms with van der Waals surface area (Å²) in [5.41, 5.74) is 1.66. The zero-order chi connectivity index (χ0) is 22.7. The fraction of sp³-hybridized carbons (Fsp3) is 0.333. The number of aliphatic carboxylic acids is 1. The predicted octanol–water partition coefficient (Wildman–Crippen LogP) is 2.57. The number of methoxy groups -OCH3 is 1. The molecular weight excluding hydrogens is 412 g/mol. The van der Waals surface area contributed by atoms with E-state index >= 15 is 0 Å². The summed E-state index contributed by atoms with van der Waals surface area (Å²) in [5, 5.41) is 13.0. The van der Waals surface area contributed by atoms with Gasteiger partial charge in [-0.05, 0) is 35.4 Å². The molecule has 0 unspecified atom stereocenters. The molecule has 2 aromatic carbocycles. The van der Waals surface area contributed by atoms with E-state index in [1.165, 1.54) is 0 Å². The second-order valence-electron chi connectivity index (χ2n) is 7.82. The highest BCUT2D eigenvalue weighted by atomic mass is 16.7. The van der Waals surface area contributed by atoms with Crippen LogP contribution < -0.4 is 19.5 Å². The lowest BCUT2D eigenvalue weighted by molar-refractivity contribution is -0.143. The van der Waals surface area contributed by atoms with Gasteiger partial charge in [-0.25, -0.2) is 0 Å². The minimum atomic E-state index is -0.914. The highest BCUT2D eigenvalue weighted by molar-refractivity contribution is 5.79. The monoisotopic (exact) mass is 438 g/mol. The molecule has 0 radical (unpaired) electrons. The molecule has 8 nitrogen and oxygen atoms in total. The van der Waals surface area contributed by atoms with Crippen LogP contribution in [0.2, 0.25) is 0 Å². The Hall–Kier alpha value is -3.52. The van der Waals surface area contributed by atoms with Crippen molar-refractivity contribution >= 4 is 11.9 Å². The third-order valence-electron chi connectivity index (χ3n) is 5.96. The Bertz CT molecular complexity index is 1010. The second-order valence-corrected chi connectivity index (χ2v) is 7.82. The van der Waals surface area contributed by atoms with E-state index in [4.69, 9.17) is 14.2 Å². The van der Waals surface area contributed by atoms with E-state index in [2.05, 4.69) is 11.9 Å². The normalized spacial score (nSPS) is 21.8. The van der Waals surface area contributed by atoms with E-state index in [-0.39, 0.29) is 25.2 Å². The molecule has 8 heteroatoms. The van der Waals surface area contributed by atoms with E-state index in [9.17, 15) is 14.7 Å². The van der Waals surface area contributed by atoms with Gasteiger partial charge < -0.3 is 24.6 Å². The number of ether oxygens (including phenoxy) is 3. The Labute approximate surface area is 186 Å². The topological polar surface area (TPSA) is 97.3 Å². The highest BCUT2D eigenvalue weighted by Crippen LogP contribution is 2.47. The quantitative estimate of drug-likeness (QED) is 0.612. The fourth-order valence-electron chi connectivity index (χ4n) is 4.50. The molecule has 1 amide bonds. The van der Waals surface area contributed by atoms with E-state index in [1.54, 1.807) is 31.4 Å². The first-order valence-electron chi connectivity index (χ1n) is 10.4. The fourth-order valence-corrected chi connectivity index (χ4v) is 4.50. The van der Waals surface area contributed by atoms with Gasteiger partial charge in [-0.1, -0.05) is 24.3 Å². The third-order valence-corrected chi connectivity index (χ3v) is 5.96. The first kappa shape index (κ1) is 21.7. The molecule has 0 saturated carbocycles. The van der Waals surface area contributed by atoms with E-state index in [1.807, 2.05) is 29.2 Å². The molecule has 2 aliphatic rings. The Morgan fingerprint density at radius 1 is 1.19 bits per heavy atom. The van der Waals surface area contributed by atoms with Crippen LogP contribution in [-0.4, -0.2) is 55.4 Å². The highest BCUT2D eigenvalue weighted by Gasteiger charge is 2.48. The van der Waals surface area contributed by atoms with Crippen molar-refractivity contribution in [2.75, 3.05) is 33.5 Å². The molecule has 4 rings (SSSR count). The number of nitrogens with zero attached hydrogens (tertiary/aromatic N) is 1. The maximum absolute atomic E-state index is 12.5. The minimum absolute atomic E-state index is 0.0787. The molecular formula is C24H26N2O6. The average Bonchev–Trinajstić information content (AvgIpc) is 3.42. The summed E-state index contributed by atoms with van der Waals surface area (Å²) < 4.78 is 16.1. The van der Waals surface area contributed by atoms with Crippen molar-refractivity contribution in [1.82, 2.24) is 10.2 Å². The Balaban J connectivity index is 1.70. The van der Waals surface area contributed by atoms with Crippen molar-refractivity contribution in [2.24, 2.45) is 5.92 Å². The number of fused-ring (bicyclic) bond motifs is 1. The predicted molar refractivity (Wildman–Crippen MR) is 117 cm³/mol. The van der Waals surface area contributed by atoms with Gasteiger partial charge in [-0.2, -0.15) is 0 Å². The zero-order valence-electron chi connectivity index (χ0n) is 17.8. The molecule has 168 valence electrons. The second kappa shape index (κ2) is 9.32. The van der Waals surface area contributed by atoms with Crippen molar-refractivity contribution in [2.45, 2.75) is 12.0 Å². The van der Waals surface area contributed by atoms with Crippen molar-refractivity contribution < 1.29 is 28.9 Å². The van der Waals surface area contributed by atoms with Crippen LogP contribution >= 0.6 is 0 Å². The lowest BCUT2D eigenvalue weighted by atomic mass is 9.82. The van der Waals surface area contributed by atoms with Crippen LogP contribution in [0.3, 0.4) is 0 Å². The van der Waals surface area contributed by atoms with Crippen molar-refractivity contribution in [3.05, 3.63) is 66.2 Å². The smallest absolute Gasteiger partial charge is 0.309 e. The van der Waals surface area contributed by atoms with Crippen molar-refractivity contribution in [3.63, 3.8) is 0 Å². The number of likely N-dealkylation sites (tertiary alicyclic amines) is 1. The van der Waals surface area contributed by atoms with Crippen molar-refractivity contribution in [3.8, 4) is 17.2 Å². The van der Waals surface area contributed by atoms with E-state index in [0.717, 1.165) is 11.1 Å². The molecule has 32 heavy (non-hydrogen) atoms. The lowest BCUT2D eigenvalue weighted by Crippen LogP contribution is -2.38. The maximum Gasteiger partial charge on any atom is 0.309 e. The lowest BCUT2D eigenvalue weighted by Gasteiger charge is -2.27. The molecule has 0 aromatic heterocycles. The Kier molecular flexibility index (Phi) is 6.32. The van der Waals surface area contributed by atoms with Crippen LogP contribution in [0.5, 0.6) is 17.2 Å². The Morgan fingerprint density at radius 3 is 2.59 bits per heavy atom. The van der Waals surface area contributed by atoms with Crippen LogP contribution in [0.1, 0.15) is 23.1 Å². The molecule has 3 atom stereocenters. The number of amides is 1. The number of nitrogens with one attached hydrogen (secondary N) is 1. The van der Waals surface area contributed by atoms with Crippen LogP contribution in [0.15, 0.2) is 55.1 Å². The number of carboxylic acids is 1. The maximum atomic E-state index is 12.5. The summed E-state index contributed by atoms with van der Waals surface area (Å²) in [6.45, 7) is 4.61. The number of carboxylic acid groups (broad SMARTS) is 1. The summed E-state index contributed by atoms with van der Waals surface area (Å²) in [6, 6.07) is 12.4. The van der Waals surface area contributed by atoms with Gasteiger partial charge in [0, 0.05) is 25.0 Å². The summed E-state index contributed by atoms with van der Waals surface area (Å²) in [5.74, 6) is -0.249. The molecule has 2 N–H and O–H groups in total. The summed E-state index contributed by atoms with van der Waals surface area (Å²) in [6.07, 6.45) is 1.61. The van der Waals surface area contributed by atoms with Gasteiger partial charge in [0.1, 0.15) is 5.75 Å². The van der Waals surface area contributed by atoms with Gasteiger partial charge in [0.05, 0.1) is 19.6 Å². The largest absolute Gasteiger partial charge is 0.497 e. The van der Waals surface area contributed by atoms with Gasteiger partial charge in [0.15, 0.2) is 11.5 Å². The SMILES string of the molecule is C=CCNC(=O)CN1C[C@H](c2ccc3c(c2)OCO3)[C@@H](C(=O)O)[C@@H]1c1ccc(OC)cc1. The van der Waals surface area contributed by atoms with Gasteiger partial charge in [0.25, 0.3) is 0 Å². The van der Waals surface area contributed by atoms with Crippen LogP contribution in [0, 0.1) is 5.92 Å². The first-order chi connectivity index (χ1) is 15.5. The van der Waals surface area contributed by atoms with Crippen LogP contribution in [-0.2, 0) is 9.59 Å². The number of hydrogen-bond acceptors (Lipinski definition) is 6. The van der Waals surface area contributed by atoms with Gasteiger partial charge >= 0.3 is 5.97 Å². The summed E-state index contributed by atoms with van der Waals surface area (Å²) >= 11 is 0. The summed E-state index contributed by atoms with van der Waals surface area (Å²) in [4.78, 5) is 26.9. The van der Waals surface area contributed by atoms with Gasteiger partial charge in [-0.15, -0.1) is 6.58 Å². The third kappa shape index (κ3) is 4.27. The molecule has 2 aliphatic heterocycles. The molecule has 1 fully saturated rings. The first-order valence-corrected chi connectivity index (χ1v) is 10.4. The molecule has 0 bridgehead atoms. The van der Waals surface area contributed by atoms with Crippen LogP contribution in [0.4, 0.5) is 0 Å². The van der Waals surface area contributed by atoms with Crippen molar-refractivity contribution in [1.29, 1.82) is 0 Å². The standard InChI is InChI=1S/C24H26N2O6/c1-3-10-25-21(27)13-26-12-18(16-6-9-19-20(11-16)32-14-31-19)22(24(28)29)23(26)15-4-7-17(30-2)8-5-15/h3-9,11,18,22-23H,1,10,12-14H2,2H3,(H,25,27)(H,28,29)/t18-,22-,23+/m1/s1. The number of hydrogen-bond donors (Lipinski definition) is 2. The molecule has 1 saturated heterocycles. The molecule has 0 aliphatic carbocycles. The molecule has 2 heterocycles. The van der Waals surface area contributed by atoms with Crippen LogP contribution in [0.25, 0.3) is 0 Å². The molecule has 0 spiro atoms. The van der Waals surface area contributed by atoms with E-state index < -0.39 is 17.9 Å².